The molecule has 2 aromatic carbocycles. The zero-order valence-electron chi connectivity index (χ0n) is 19.6. The highest BCUT2D eigenvalue weighted by Gasteiger charge is 2.32. The molecule has 1 aliphatic heterocycles. The first-order chi connectivity index (χ1) is 16.8. The van der Waals surface area contributed by atoms with Gasteiger partial charge in [0.2, 0.25) is 5.88 Å². The highest BCUT2D eigenvalue weighted by Crippen LogP contribution is 2.32. The van der Waals surface area contributed by atoms with Gasteiger partial charge >= 0.3 is 0 Å². The molecule has 10 heteroatoms. The van der Waals surface area contributed by atoms with Gasteiger partial charge in [-0.1, -0.05) is 35.5 Å². The number of aryl methyl sites for hydroxylation is 1. The molecular formula is C25H25N3O6S. The van der Waals surface area contributed by atoms with Crippen molar-refractivity contribution in [2.75, 3.05) is 19.5 Å². The maximum absolute atomic E-state index is 13.6. The summed E-state index contributed by atoms with van der Waals surface area (Å²) in [5, 5.41) is 8.24. The van der Waals surface area contributed by atoms with Gasteiger partial charge in [-0.05, 0) is 31.5 Å². The van der Waals surface area contributed by atoms with Gasteiger partial charge in [0.05, 0.1) is 22.6 Å². The standard InChI is InChI=1S/C25H25N3O6S/c1-4-28-25(34-15-21(29)17-8-6-5-7-9-17)19(14-26-28)24(30)18-10-11-22-23(16(18)2)20(27-33-3)12-13-35(22,31)32/h5-11,14H,4,12-13,15H2,1-3H3/b27-20+. The number of oxime groups is 1. The van der Waals surface area contributed by atoms with E-state index in [9.17, 15) is 18.0 Å². The number of ether oxygens (including phenoxy) is 1. The highest BCUT2D eigenvalue weighted by molar-refractivity contribution is 7.91. The van der Waals surface area contributed by atoms with Crippen LogP contribution in [0.4, 0.5) is 0 Å². The van der Waals surface area contributed by atoms with E-state index < -0.39 is 15.6 Å². The Bertz CT molecular complexity index is 1420. The van der Waals surface area contributed by atoms with Crippen LogP contribution in [0.5, 0.6) is 5.88 Å². The van der Waals surface area contributed by atoms with E-state index in [1.165, 1.54) is 30.1 Å². The van der Waals surface area contributed by atoms with Crippen LogP contribution in [-0.4, -0.2) is 54.9 Å². The van der Waals surface area contributed by atoms with Crippen molar-refractivity contribution in [1.29, 1.82) is 0 Å². The number of hydrogen-bond acceptors (Lipinski definition) is 8. The fourth-order valence-electron chi connectivity index (χ4n) is 4.11. The van der Waals surface area contributed by atoms with Gasteiger partial charge in [-0.25, -0.2) is 13.1 Å². The van der Waals surface area contributed by atoms with E-state index in [-0.39, 0.29) is 40.9 Å². The summed E-state index contributed by atoms with van der Waals surface area (Å²) < 4.78 is 32.6. The number of aromatic nitrogens is 2. The van der Waals surface area contributed by atoms with E-state index in [2.05, 4.69) is 10.3 Å². The van der Waals surface area contributed by atoms with Gasteiger partial charge in [-0.2, -0.15) is 5.10 Å². The minimum atomic E-state index is -3.50. The summed E-state index contributed by atoms with van der Waals surface area (Å²) in [5.41, 5.74) is 2.30. The number of Topliss-reactive ketones (excluding diaryl/α,β-unsaturated/α-hetero) is 1. The van der Waals surface area contributed by atoms with Crippen molar-refractivity contribution in [3.8, 4) is 5.88 Å². The van der Waals surface area contributed by atoms with E-state index in [0.717, 1.165) is 0 Å². The average molecular weight is 496 g/mol. The SMILES string of the molecule is CCn1ncc(C(=O)c2ccc3c(c2C)/C(=N/OC)CCS3(=O)=O)c1OCC(=O)c1ccccc1. The van der Waals surface area contributed by atoms with E-state index in [0.29, 0.717) is 34.5 Å². The summed E-state index contributed by atoms with van der Waals surface area (Å²) in [6.07, 6.45) is 1.58. The largest absolute Gasteiger partial charge is 0.469 e. The summed E-state index contributed by atoms with van der Waals surface area (Å²) in [6.45, 7) is 3.69. The monoisotopic (exact) mass is 495 g/mol. The Morgan fingerprint density at radius 3 is 2.54 bits per heavy atom. The number of benzene rings is 2. The Morgan fingerprint density at radius 2 is 1.86 bits per heavy atom. The van der Waals surface area contributed by atoms with Crippen LogP contribution in [0.3, 0.4) is 0 Å². The minimum absolute atomic E-state index is 0.0777. The highest BCUT2D eigenvalue weighted by atomic mass is 32.2. The molecule has 0 bridgehead atoms. The smallest absolute Gasteiger partial charge is 0.223 e. The van der Waals surface area contributed by atoms with Gasteiger partial charge in [0, 0.05) is 29.7 Å². The van der Waals surface area contributed by atoms with Crippen LogP contribution in [-0.2, 0) is 21.2 Å². The van der Waals surface area contributed by atoms with Crippen molar-refractivity contribution >= 4 is 27.1 Å². The fourth-order valence-corrected chi connectivity index (χ4v) is 5.65. The molecular weight excluding hydrogens is 470 g/mol. The summed E-state index contributed by atoms with van der Waals surface area (Å²) in [5.74, 6) is -0.529. The van der Waals surface area contributed by atoms with Crippen molar-refractivity contribution < 1.29 is 27.6 Å². The van der Waals surface area contributed by atoms with Gasteiger partial charge in [0.25, 0.3) is 0 Å². The van der Waals surface area contributed by atoms with Crippen LogP contribution >= 0.6 is 0 Å². The predicted octanol–water partition coefficient (Wildman–Crippen LogP) is 3.23. The van der Waals surface area contributed by atoms with Crippen LogP contribution in [0.15, 0.2) is 58.7 Å². The van der Waals surface area contributed by atoms with Crippen LogP contribution < -0.4 is 4.74 Å². The van der Waals surface area contributed by atoms with Crippen LogP contribution in [0.2, 0.25) is 0 Å². The molecule has 3 aromatic rings. The topological polar surface area (TPSA) is 117 Å². The quantitative estimate of drug-likeness (QED) is 0.348. The molecule has 0 saturated carbocycles. The van der Waals surface area contributed by atoms with E-state index in [1.807, 2.05) is 13.0 Å². The first kappa shape index (κ1) is 24.3. The van der Waals surface area contributed by atoms with E-state index in [1.54, 1.807) is 31.2 Å². The Labute approximate surface area is 203 Å². The van der Waals surface area contributed by atoms with Crippen molar-refractivity contribution in [2.24, 2.45) is 5.16 Å². The molecule has 0 radical (unpaired) electrons. The number of sulfone groups is 1. The number of carbonyl (C=O) groups excluding carboxylic acids is 2. The third-order valence-corrected chi connectivity index (χ3v) is 7.63. The molecule has 0 fully saturated rings. The van der Waals surface area contributed by atoms with Crippen LogP contribution in [0.1, 0.15) is 50.8 Å². The Morgan fingerprint density at radius 1 is 1.11 bits per heavy atom. The lowest BCUT2D eigenvalue weighted by Crippen LogP contribution is -2.24. The second-order valence-electron chi connectivity index (χ2n) is 7.99. The minimum Gasteiger partial charge on any atom is -0.469 e. The maximum atomic E-state index is 13.6. The first-order valence-corrected chi connectivity index (χ1v) is 12.7. The lowest BCUT2D eigenvalue weighted by Gasteiger charge is -2.21. The summed E-state index contributed by atoms with van der Waals surface area (Å²) in [7, 11) is -2.11. The molecule has 0 aliphatic carbocycles. The molecule has 0 atom stereocenters. The molecule has 1 aromatic heterocycles. The Kier molecular flexibility index (Phi) is 6.83. The van der Waals surface area contributed by atoms with E-state index >= 15 is 0 Å². The third-order valence-electron chi connectivity index (χ3n) is 5.88. The Balaban J connectivity index is 1.71. The first-order valence-electron chi connectivity index (χ1n) is 11.1. The van der Waals surface area contributed by atoms with Gasteiger partial charge in [0.1, 0.15) is 12.7 Å². The zero-order chi connectivity index (χ0) is 25.2. The third kappa shape index (κ3) is 4.61. The van der Waals surface area contributed by atoms with Gasteiger partial charge in [0.15, 0.2) is 28.0 Å². The van der Waals surface area contributed by atoms with Gasteiger partial charge in [-0.3, -0.25) is 9.59 Å². The number of nitrogens with zero attached hydrogens (tertiary/aromatic N) is 3. The lowest BCUT2D eigenvalue weighted by molar-refractivity contribution is 0.0907. The predicted molar refractivity (Wildman–Crippen MR) is 129 cm³/mol. The number of fused-ring (bicyclic) bond motifs is 1. The summed E-state index contributed by atoms with van der Waals surface area (Å²) in [4.78, 5) is 31.2. The van der Waals surface area contributed by atoms with E-state index in [4.69, 9.17) is 9.57 Å². The van der Waals surface area contributed by atoms with Gasteiger partial charge in [-0.15, -0.1) is 0 Å². The lowest BCUT2D eigenvalue weighted by atomic mass is 9.93. The Hall–Kier alpha value is -3.79. The van der Waals surface area contributed by atoms with Crippen LogP contribution in [0.25, 0.3) is 0 Å². The van der Waals surface area contributed by atoms with Crippen LogP contribution in [0, 0.1) is 6.92 Å². The number of carbonyl (C=O) groups is 2. The zero-order valence-corrected chi connectivity index (χ0v) is 20.5. The maximum Gasteiger partial charge on any atom is 0.223 e. The molecule has 0 unspecified atom stereocenters. The molecule has 35 heavy (non-hydrogen) atoms. The molecule has 0 saturated heterocycles. The van der Waals surface area contributed by atoms with Crippen molar-refractivity contribution in [3.05, 3.63) is 76.5 Å². The molecule has 9 nitrogen and oxygen atoms in total. The van der Waals surface area contributed by atoms with Crippen molar-refractivity contribution in [1.82, 2.24) is 9.78 Å². The fraction of sp³-hybridized carbons (Fsp3) is 0.280. The molecule has 0 spiro atoms. The van der Waals surface area contributed by atoms with Gasteiger partial charge < -0.3 is 9.57 Å². The normalized spacial score (nSPS) is 15.5. The van der Waals surface area contributed by atoms with Crippen molar-refractivity contribution in [3.63, 3.8) is 0 Å². The summed E-state index contributed by atoms with van der Waals surface area (Å²) in [6, 6.07) is 11.6. The average Bonchev–Trinajstić information content (AvgIpc) is 3.27. The number of hydrogen-bond donors (Lipinski definition) is 0. The molecule has 0 N–H and O–H groups in total. The molecule has 182 valence electrons. The molecule has 2 heterocycles. The second-order valence-corrected chi connectivity index (χ2v) is 10.1. The molecule has 4 rings (SSSR count). The second kappa shape index (κ2) is 9.83. The number of rotatable bonds is 8. The number of ketones is 2. The van der Waals surface area contributed by atoms with Crippen molar-refractivity contribution in [2.45, 2.75) is 31.7 Å². The molecule has 1 aliphatic rings. The summed E-state index contributed by atoms with van der Waals surface area (Å²) >= 11 is 0. The molecule has 0 amide bonds.